The number of ether oxygens (including phenoxy) is 1. The lowest BCUT2D eigenvalue weighted by Crippen LogP contribution is -2.41. The number of fused-ring (bicyclic) bond motifs is 1. The number of nitrogens with one attached hydrogen (secondary N) is 2. The summed E-state index contributed by atoms with van der Waals surface area (Å²) in [5, 5.41) is 8.97. The summed E-state index contributed by atoms with van der Waals surface area (Å²) in [7, 11) is 2.77. The maximum Gasteiger partial charge on any atom is 0.360 e. The molecule has 9 heteroatoms. The number of esters is 1. The van der Waals surface area contributed by atoms with Crippen molar-refractivity contribution in [2.24, 2.45) is 7.05 Å². The number of aryl methyl sites for hydroxylation is 1. The van der Waals surface area contributed by atoms with Crippen LogP contribution < -0.4 is 16.2 Å². The van der Waals surface area contributed by atoms with E-state index >= 15 is 0 Å². The van der Waals surface area contributed by atoms with Gasteiger partial charge in [0.15, 0.2) is 5.69 Å². The second-order valence-electron chi connectivity index (χ2n) is 6.09. The van der Waals surface area contributed by atoms with Crippen LogP contribution >= 0.6 is 0 Å². The minimum absolute atomic E-state index is 0.114. The van der Waals surface area contributed by atoms with Crippen molar-refractivity contribution in [3.8, 4) is 0 Å². The third-order valence-corrected chi connectivity index (χ3v) is 4.18. The van der Waals surface area contributed by atoms with Gasteiger partial charge in [-0.05, 0) is 6.07 Å². The molecule has 29 heavy (non-hydrogen) atoms. The van der Waals surface area contributed by atoms with Gasteiger partial charge in [0.2, 0.25) is 6.10 Å². The molecule has 0 saturated heterocycles. The van der Waals surface area contributed by atoms with Gasteiger partial charge in [-0.25, -0.2) is 14.3 Å². The van der Waals surface area contributed by atoms with E-state index in [2.05, 4.69) is 15.7 Å². The first-order chi connectivity index (χ1) is 13.9. The molecule has 0 spiro atoms. The topological polar surface area (TPSA) is 119 Å². The highest BCUT2D eigenvalue weighted by Crippen LogP contribution is 2.21. The van der Waals surface area contributed by atoms with Crippen LogP contribution in [-0.4, -0.2) is 34.7 Å². The van der Waals surface area contributed by atoms with Crippen molar-refractivity contribution >= 4 is 28.7 Å². The minimum Gasteiger partial charge on any atom is -0.442 e. The van der Waals surface area contributed by atoms with Gasteiger partial charge in [-0.3, -0.25) is 14.9 Å². The molecule has 0 fully saturated rings. The smallest absolute Gasteiger partial charge is 0.360 e. The molecule has 0 unspecified atom stereocenters. The Morgan fingerprint density at radius 2 is 1.62 bits per heavy atom. The first-order valence-electron chi connectivity index (χ1n) is 8.67. The molecule has 0 aliphatic heterocycles. The molecular formula is C20H18N4O5. The first kappa shape index (κ1) is 19.7. The molecular weight excluding hydrogens is 376 g/mol. The van der Waals surface area contributed by atoms with Crippen LogP contribution in [0.3, 0.4) is 0 Å². The van der Waals surface area contributed by atoms with Gasteiger partial charge < -0.3 is 10.1 Å². The zero-order valence-electron chi connectivity index (χ0n) is 15.7. The zero-order chi connectivity index (χ0) is 21.0. The standard InChI is InChI=1S/C20H18N4O5/c1-21-20(28)22-17(25)16(12-8-4-3-5-9-12)29-19(27)15-13-10-6-7-11-14(13)18(26)24(2)23-15/h3-11,16H,1-2H3,(H2,21,22,25,28)/t16-/m1/s1. The van der Waals surface area contributed by atoms with Gasteiger partial charge in [-0.15, -0.1) is 0 Å². The van der Waals surface area contributed by atoms with Crippen molar-refractivity contribution in [2.45, 2.75) is 6.10 Å². The number of amides is 3. The van der Waals surface area contributed by atoms with Gasteiger partial charge in [0.05, 0.1) is 5.39 Å². The molecule has 1 heterocycles. The molecule has 3 aromatic rings. The lowest BCUT2D eigenvalue weighted by Gasteiger charge is -2.18. The van der Waals surface area contributed by atoms with Crippen molar-refractivity contribution in [1.82, 2.24) is 20.4 Å². The number of hydrogen-bond donors (Lipinski definition) is 2. The number of rotatable bonds is 4. The molecule has 3 rings (SSSR count). The third kappa shape index (κ3) is 4.13. The average molecular weight is 394 g/mol. The Bertz CT molecular complexity index is 1140. The summed E-state index contributed by atoms with van der Waals surface area (Å²) >= 11 is 0. The predicted octanol–water partition coefficient (Wildman–Crippen LogP) is 1.29. The molecule has 0 aliphatic carbocycles. The number of benzene rings is 2. The summed E-state index contributed by atoms with van der Waals surface area (Å²) in [5.74, 6) is -1.73. The predicted molar refractivity (Wildman–Crippen MR) is 104 cm³/mol. The van der Waals surface area contributed by atoms with E-state index in [-0.39, 0.29) is 11.3 Å². The van der Waals surface area contributed by atoms with Crippen LogP contribution in [0.5, 0.6) is 0 Å². The van der Waals surface area contributed by atoms with E-state index in [0.717, 1.165) is 4.68 Å². The molecule has 3 amide bonds. The Morgan fingerprint density at radius 3 is 2.28 bits per heavy atom. The van der Waals surface area contributed by atoms with Gasteiger partial charge in [-0.2, -0.15) is 5.10 Å². The van der Waals surface area contributed by atoms with Crippen molar-refractivity contribution in [3.63, 3.8) is 0 Å². The fourth-order valence-electron chi connectivity index (χ4n) is 2.75. The SMILES string of the molecule is CNC(=O)NC(=O)[C@H](OC(=O)c1nn(C)c(=O)c2ccccc12)c1ccccc1. The lowest BCUT2D eigenvalue weighted by atomic mass is 10.1. The Morgan fingerprint density at radius 1 is 1.00 bits per heavy atom. The van der Waals surface area contributed by atoms with Crippen LogP contribution in [0.25, 0.3) is 10.8 Å². The zero-order valence-corrected chi connectivity index (χ0v) is 15.7. The second-order valence-corrected chi connectivity index (χ2v) is 6.09. The monoisotopic (exact) mass is 394 g/mol. The molecule has 1 atom stereocenters. The highest BCUT2D eigenvalue weighted by molar-refractivity contribution is 6.04. The van der Waals surface area contributed by atoms with Gasteiger partial charge in [0.25, 0.3) is 11.5 Å². The maximum absolute atomic E-state index is 12.9. The maximum atomic E-state index is 12.9. The summed E-state index contributed by atoms with van der Waals surface area (Å²) in [6.07, 6.45) is -1.39. The molecule has 1 aromatic heterocycles. The highest BCUT2D eigenvalue weighted by atomic mass is 16.5. The molecule has 148 valence electrons. The molecule has 9 nitrogen and oxygen atoms in total. The highest BCUT2D eigenvalue weighted by Gasteiger charge is 2.28. The van der Waals surface area contributed by atoms with Crippen LogP contribution in [0.1, 0.15) is 22.2 Å². The molecule has 0 saturated carbocycles. The van der Waals surface area contributed by atoms with E-state index in [1.54, 1.807) is 54.6 Å². The second kappa shape index (κ2) is 8.34. The number of imide groups is 1. The van der Waals surface area contributed by atoms with E-state index in [1.807, 2.05) is 0 Å². The van der Waals surface area contributed by atoms with Gasteiger partial charge >= 0.3 is 12.0 Å². The summed E-state index contributed by atoms with van der Waals surface area (Å²) in [6.45, 7) is 0. The Labute approximate surface area is 165 Å². The van der Waals surface area contributed by atoms with E-state index in [9.17, 15) is 19.2 Å². The van der Waals surface area contributed by atoms with E-state index in [0.29, 0.717) is 16.3 Å². The van der Waals surface area contributed by atoms with Gasteiger partial charge in [0, 0.05) is 25.0 Å². The van der Waals surface area contributed by atoms with Crippen LogP contribution in [-0.2, 0) is 16.6 Å². The number of aromatic nitrogens is 2. The van der Waals surface area contributed by atoms with E-state index < -0.39 is 24.0 Å². The number of nitrogens with zero attached hydrogens (tertiary/aromatic N) is 2. The average Bonchev–Trinajstić information content (AvgIpc) is 2.74. The number of urea groups is 1. The Kier molecular flexibility index (Phi) is 5.68. The van der Waals surface area contributed by atoms with E-state index in [4.69, 9.17) is 4.74 Å². The third-order valence-electron chi connectivity index (χ3n) is 4.18. The lowest BCUT2D eigenvalue weighted by molar-refractivity contribution is -0.129. The Hall–Kier alpha value is -4.01. The number of carbonyl (C=O) groups excluding carboxylic acids is 3. The molecule has 0 radical (unpaired) electrons. The number of hydrogen-bond acceptors (Lipinski definition) is 6. The van der Waals surface area contributed by atoms with Crippen molar-refractivity contribution < 1.29 is 19.1 Å². The summed E-state index contributed by atoms with van der Waals surface area (Å²) < 4.78 is 6.45. The summed E-state index contributed by atoms with van der Waals surface area (Å²) in [4.78, 5) is 49.2. The molecule has 2 aromatic carbocycles. The van der Waals surface area contributed by atoms with Crippen molar-refractivity contribution in [3.05, 3.63) is 76.2 Å². The van der Waals surface area contributed by atoms with Gasteiger partial charge in [-0.1, -0.05) is 48.5 Å². The largest absolute Gasteiger partial charge is 0.442 e. The minimum atomic E-state index is -1.39. The molecule has 2 N–H and O–H groups in total. The van der Waals surface area contributed by atoms with Gasteiger partial charge in [0.1, 0.15) is 0 Å². The van der Waals surface area contributed by atoms with Crippen LogP contribution in [0.4, 0.5) is 4.79 Å². The number of carbonyl (C=O) groups is 3. The summed E-state index contributed by atoms with van der Waals surface area (Å²) in [5.41, 5.74) is -0.109. The molecule has 0 bridgehead atoms. The Balaban J connectivity index is 2.00. The fraction of sp³-hybridized carbons (Fsp3) is 0.150. The van der Waals surface area contributed by atoms with E-state index in [1.165, 1.54) is 14.1 Å². The van der Waals surface area contributed by atoms with Crippen molar-refractivity contribution in [1.29, 1.82) is 0 Å². The normalized spacial score (nSPS) is 11.5. The van der Waals surface area contributed by atoms with Crippen LogP contribution in [0.15, 0.2) is 59.4 Å². The first-order valence-corrected chi connectivity index (χ1v) is 8.67. The quantitative estimate of drug-likeness (QED) is 0.644. The van der Waals surface area contributed by atoms with Crippen LogP contribution in [0, 0.1) is 0 Å². The molecule has 0 aliphatic rings. The van der Waals surface area contributed by atoms with Crippen LogP contribution in [0.2, 0.25) is 0 Å². The van der Waals surface area contributed by atoms with Crippen molar-refractivity contribution in [2.75, 3.05) is 7.05 Å². The summed E-state index contributed by atoms with van der Waals surface area (Å²) in [6, 6.07) is 14.0. The fourth-order valence-corrected chi connectivity index (χ4v) is 2.75.